The third-order valence-electron chi connectivity index (χ3n) is 3.81. The van der Waals surface area contributed by atoms with Gasteiger partial charge in [-0.2, -0.15) is 0 Å². The first-order chi connectivity index (χ1) is 9.43. The molecule has 1 atom stereocenters. The van der Waals surface area contributed by atoms with Crippen LogP contribution in [0, 0.1) is 12.7 Å². The molecule has 1 aromatic carbocycles. The van der Waals surface area contributed by atoms with E-state index < -0.39 is 5.82 Å². The molecule has 5 heteroatoms. The van der Waals surface area contributed by atoms with Gasteiger partial charge in [0.05, 0.1) is 12.7 Å². The van der Waals surface area contributed by atoms with E-state index >= 15 is 0 Å². The number of methoxy groups -OCH3 is 1. The average Bonchev–Trinajstić information content (AvgIpc) is 2.38. The van der Waals surface area contributed by atoms with Gasteiger partial charge in [-0.1, -0.05) is 0 Å². The lowest BCUT2D eigenvalue weighted by Crippen LogP contribution is -2.52. The van der Waals surface area contributed by atoms with Crippen LogP contribution in [0.5, 0.6) is 5.75 Å². The second-order valence-electron chi connectivity index (χ2n) is 5.41. The van der Waals surface area contributed by atoms with Crippen molar-refractivity contribution >= 4 is 5.91 Å². The number of hydrogen-bond acceptors (Lipinski definition) is 3. The van der Waals surface area contributed by atoms with Crippen LogP contribution < -0.4 is 4.74 Å². The molecule has 1 fully saturated rings. The number of nitrogens with zero attached hydrogens (tertiary/aromatic N) is 2. The summed E-state index contributed by atoms with van der Waals surface area (Å²) in [5.41, 5.74) is 0.775. The van der Waals surface area contributed by atoms with Crippen molar-refractivity contribution in [1.82, 2.24) is 9.80 Å². The molecule has 0 aliphatic carbocycles. The number of ether oxygens (including phenoxy) is 1. The fourth-order valence-corrected chi connectivity index (χ4v) is 2.63. The number of aryl methyl sites for hydroxylation is 1. The Labute approximate surface area is 119 Å². The maximum atomic E-state index is 14.1. The van der Waals surface area contributed by atoms with Gasteiger partial charge in [-0.3, -0.25) is 4.79 Å². The minimum atomic E-state index is -0.487. The maximum absolute atomic E-state index is 14.1. The van der Waals surface area contributed by atoms with E-state index in [0.29, 0.717) is 17.9 Å². The van der Waals surface area contributed by atoms with E-state index in [1.165, 1.54) is 19.2 Å². The van der Waals surface area contributed by atoms with Crippen LogP contribution in [0.3, 0.4) is 0 Å². The number of carbonyl (C=O) groups excluding carboxylic acids is 1. The number of halogens is 1. The molecule has 4 nitrogen and oxygen atoms in total. The molecule has 1 aliphatic heterocycles. The molecule has 1 aromatic rings. The number of likely N-dealkylation sites (N-methyl/N-ethyl adjacent to an activating group) is 1. The van der Waals surface area contributed by atoms with Crippen molar-refractivity contribution in [3.63, 3.8) is 0 Å². The van der Waals surface area contributed by atoms with Crippen molar-refractivity contribution in [2.45, 2.75) is 19.9 Å². The predicted molar refractivity (Wildman–Crippen MR) is 75.7 cm³/mol. The number of benzene rings is 1. The molecule has 0 N–H and O–H groups in total. The highest BCUT2D eigenvalue weighted by molar-refractivity contribution is 5.95. The summed E-state index contributed by atoms with van der Waals surface area (Å²) in [6.45, 7) is 5.97. The second kappa shape index (κ2) is 5.79. The van der Waals surface area contributed by atoms with Crippen molar-refractivity contribution in [2.24, 2.45) is 0 Å². The van der Waals surface area contributed by atoms with Gasteiger partial charge in [0.2, 0.25) is 0 Å². The van der Waals surface area contributed by atoms with Crippen LogP contribution in [-0.2, 0) is 0 Å². The minimum Gasteiger partial charge on any atom is -0.496 e. The van der Waals surface area contributed by atoms with E-state index in [-0.39, 0.29) is 17.5 Å². The molecular formula is C15H21FN2O2. The van der Waals surface area contributed by atoms with E-state index in [1.54, 1.807) is 11.8 Å². The van der Waals surface area contributed by atoms with Gasteiger partial charge in [0.15, 0.2) is 0 Å². The van der Waals surface area contributed by atoms with Crippen molar-refractivity contribution in [3.8, 4) is 5.75 Å². The van der Waals surface area contributed by atoms with Crippen LogP contribution in [0.2, 0.25) is 0 Å². The first-order valence-electron chi connectivity index (χ1n) is 6.77. The SMILES string of the molecule is COc1cc(C(=O)N2CCN(C)CC2C)c(F)cc1C. The van der Waals surface area contributed by atoms with Crippen LogP contribution in [0.4, 0.5) is 4.39 Å². The van der Waals surface area contributed by atoms with E-state index in [2.05, 4.69) is 4.90 Å². The molecule has 0 saturated carbocycles. The fraction of sp³-hybridized carbons (Fsp3) is 0.533. The van der Waals surface area contributed by atoms with Gasteiger partial charge in [0, 0.05) is 25.7 Å². The lowest BCUT2D eigenvalue weighted by molar-refractivity contribution is 0.0528. The molecule has 0 aromatic heterocycles. The second-order valence-corrected chi connectivity index (χ2v) is 5.41. The number of amides is 1. The van der Waals surface area contributed by atoms with Crippen LogP contribution >= 0.6 is 0 Å². The highest BCUT2D eigenvalue weighted by Gasteiger charge is 2.28. The van der Waals surface area contributed by atoms with Crippen LogP contribution in [-0.4, -0.2) is 55.5 Å². The van der Waals surface area contributed by atoms with E-state index in [4.69, 9.17) is 4.74 Å². The molecule has 1 aliphatic rings. The molecule has 2 rings (SSSR count). The lowest BCUT2D eigenvalue weighted by atomic mass is 10.1. The normalized spacial score (nSPS) is 20.1. The predicted octanol–water partition coefficient (Wildman–Crippen LogP) is 1.92. The summed E-state index contributed by atoms with van der Waals surface area (Å²) in [5.74, 6) is -0.211. The Balaban J connectivity index is 2.29. The Bertz CT molecular complexity index is 519. The van der Waals surface area contributed by atoms with Crippen molar-refractivity contribution in [3.05, 3.63) is 29.1 Å². The average molecular weight is 280 g/mol. The smallest absolute Gasteiger partial charge is 0.257 e. The van der Waals surface area contributed by atoms with Gasteiger partial charge in [-0.05, 0) is 38.6 Å². The Morgan fingerprint density at radius 2 is 2.10 bits per heavy atom. The van der Waals surface area contributed by atoms with Gasteiger partial charge >= 0.3 is 0 Å². The zero-order valence-electron chi connectivity index (χ0n) is 12.4. The first kappa shape index (κ1) is 14.8. The molecule has 1 unspecified atom stereocenters. The Kier molecular flexibility index (Phi) is 4.28. The zero-order valence-corrected chi connectivity index (χ0v) is 12.4. The van der Waals surface area contributed by atoms with Gasteiger partial charge in [-0.15, -0.1) is 0 Å². The number of piperazine rings is 1. The summed E-state index contributed by atoms with van der Waals surface area (Å²) < 4.78 is 19.2. The monoisotopic (exact) mass is 280 g/mol. The lowest BCUT2D eigenvalue weighted by Gasteiger charge is -2.38. The number of hydrogen-bond donors (Lipinski definition) is 0. The molecule has 1 amide bonds. The third-order valence-corrected chi connectivity index (χ3v) is 3.81. The van der Waals surface area contributed by atoms with Crippen molar-refractivity contribution < 1.29 is 13.9 Å². The largest absolute Gasteiger partial charge is 0.496 e. The highest BCUT2D eigenvalue weighted by Crippen LogP contribution is 2.24. The summed E-state index contributed by atoms with van der Waals surface area (Å²) in [6.07, 6.45) is 0. The topological polar surface area (TPSA) is 32.8 Å². The first-order valence-corrected chi connectivity index (χ1v) is 6.77. The Morgan fingerprint density at radius 1 is 1.40 bits per heavy atom. The highest BCUT2D eigenvalue weighted by atomic mass is 19.1. The van der Waals surface area contributed by atoms with E-state index in [9.17, 15) is 9.18 Å². The number of rotatable bonds is 2. The van der Waals surface area contributed by atoms with Crippen LogP contribution in [0.1, 0.15) is 22.8 Å². The molecule has 0 radical (unpaired) electrons. The van der Waals surface area contributed by atoms with Gasteiger partial charge in [0.25, 0.3) is 5.91 Å². The third kappa shape index (κ3) is 2.77. The van der Waals surface area contributed by atoms with Crippen molar-refractivity contribution in [1.29, 1.82) is 0 Å². The standard InChI is InChI=1S/C15H21FN2O2/c1-10-7-13(16)12(8-14(10)20-4)15(19)18-6-5-17(3)9-11(18)2/h7-8,11H,5-6,9H2,1-4H3. The van der Waals surface area contributed by atoms with Crippen molar-refractivity contribution in [2.75, 3.05) is 33.8 Å². The molecule has 1 saturated heterocycles. The maximum Gasteiger partial charge on any atom is 0.257 e. The molecule has 1 heterocycles. The van der Waals surface area contributed by atoms with Crippen LogP contribution in [0.15, 0.2) is 12.1 Å². The minimum absolute atomic E-state index is 0.0768. The van der Waals surface area contributed by atoms with Crippen LogP contribution in [0.25, 0.3) is 0 Å². The summed E-state index contributed by atoms with van der Waals surface area (Å²) in [7, 11) is 3.54. The quantitative estimate of drug-likeness (QED) is 0.829. The molecule has 20 heavy (non-hydrogen) atoms. The Morgan fingerprint density at radius 3 is 2.70 bits per heavy atom. The molecule has 0 bridgehead atoms. The summed E-state index contributed by atoms with van der Waals surface area (Å²) >= 11 is 0. The Hall–Kier alpha value is -1.62. The summed E-state index contributed by atoms with van der Waals surface area (Å²) in [5, 5.41) is 0. The molecular weight excluding hydrogens is 259 g/mol. The summed E-state index contributed by atoms with van der Waals surface area (Å²) in [6, 6.07) is 2.93. The van der Waals surface area contributed by atoms with Gasteiger partial charge < -0.3 is 14.5 Å². The van der Waals surface area contributed by atoms with Gasteiger partial charge in [0.1, 0.15) is 11.6 Å². The molecule has 110 valence electrons. The van der Waals surface area contributed by atoms with E-state index in [1.807, 2.05) is 14.0 Å². The van der Waals surface area contributed by atoms with Gasteiger partial charge in [-0.25, -0.2) is 4.39 Å². The summed E-state index contributed by atoms with van der Waals surface area (Å²) in [4.78, 5) is 16.4. The number of carbonyl (C=O) groups is 1. The zero-order chi connectivity index (χ0) is 14.9. The fourth-order valence-electron chi connectivity index (χ4n) is 2.63. The molecule has 0 spiro atoms. The van der Waals surface area contributed by atoms with E-state index in [0.717, 1.165) is 13.1 Å².